The Morgan fingerprint density at radius 3 is 2.77 bits per heavy atom. The maximum absolute atomic E-state index is 6.02. The number of nitrogens with two attached hydrogens (primary N) is 1. The highest BCUT2D eigenvalue weighted by atomic mass is 16.3. The van der Waals surface area contributed by atoms with Crippen LogP contribution < -0.4 is 11.1 Å². The molecule has 0 spiro atoms. The van der Waals surface area contributed by atoms with Crippen LogP contribution >= 0.6 is 0 Å². The molecule has 9 heteroatoms. The van der Waals surface area contributed by atoms with Crippen molar-refractivity contribution in [3.05, 3.63) is 60.2 Å². The fourth-order valence-electron chi connectivity index (χ4n) is 3.86. The average molecular weight is 404 g/mol. The Morgan fingerprint density at radius 1 is 1.17 bits per heavy atom. The molecule has 0 aliphatic carbocycles. The van der Waals surface area contributed by atoms with Gasteiger partial charge in [-0.15, -0.1) is 5.10 Å². The lowest BCUT2D eigenvalue weighted by Gasteiger charge is -2.32. The minimum Gasteiger partial charge on any atom is -0.461 e. The van der Waals surface area contributed by atoms with Crippen LogP contribution in [-0.4, -0.2) is 48.6 Å². The predicted octanol–water partition coefficient (Wildman–Crippen LogP) is 2.12. The summed E-state index contributed by atoms with van der Waals surface area (Å²) in [6, 6.07) is 8.28. The SMILES string of the molecule is Nc1ncc(CN2CCC(NCc3ccncc3)CC2)c2nc(-c3ccco3)nn12. The summed E-state index contributed by atoms with van der Waals surface area (Å²) in [6.07, 6.45) is 9.29. The van der Waals surface area contributed by atoms with Gasteiger partial charge in [-0.3, -0.25) is 9.88 Å². The smallest absolute Gasteiger partial charge is 0.223 e. The van der Waals surface area contributed by atoms with Crippen LogP contribution in [0.1, 0.15) is 24.0 Å². The van der Waals surface area contributed by atoms with Crippen LogP contribution in [-0.2, 0) is 13.1 Å². The molecule has 1 aliphatic rings. The van der Waals surface area contributed by atoms with Gasteiger partial charge in [0.2, 0.25) is 11.8 Å². The molecule has 0 unspecified atom stereocenters. The number of anilines is 1. The Bertz CT molecular complexity index is 1100. The first kappa shape index (κ1) is 18.7. The molecular weight excluding hydrogens is 380 g/mol. The lowest BCUT2D eigenvalue weighted by Crippen LogP contribution is -2.41. The number of likely N-dealkylation sites (tertiary alicyclic amines) is 1. The zero-order valence-corrected chi connectivity index (χ0v) is 16.6. The van der Waals surface area contributed by atoms with Crippen molar-refractivity contribution >= 4 is 11.6 Å². The van der Waals surface area contributed by atoms with Crippen molar-refractivity contribution in [3.8, 4) is 11.6 Å². The summed E-state index contributed by atoms with van der Waals surface area (Å²) in [5, 5.41) is 8.12. The maximum atomic E-state index is 6.02. The number of nitrogens with zero attached hydrogens (tertiary/aromatic N) is 6. The summed E-state index contributed by atoms with van der Waals surface area (Å²) >= 11 is 0. The fourth-order valence-corrected chi connectivity index (χ4v) is 3.86. The van der Waals surface area contributed by atoms with Crippen LogP contribution in [0.15, 0.2) is 53.5 Å². The van der Waals surface area contributed by atoms with Gasteiger partial charge >= 0.3 is 0 Å². The third-order valence-electron chi connectivity index (χ3n) is 5.53. The molecule has 5 rings (SSSR count). The number of aromatic nitrogens is 5. The normalized spacial score (nSPS) is 15.7. The fraction of sp³-hybridized carbons (Fsp3) is 0.333. The number of pyridine rings is 1. The van der Waals surface area contributed by atoms with Crippen molar-refractivity contribution in [1.82, 2.24) is 34.8 Å². The molecular formula is C21H24N8O. The van der Waals surface area contributed by atoms with E-state index in [2.05, 4.69) is 42.4 Å². The van der Waals surface area contributed by atoms with Gasteiger partial charge in [0, 0.05) is 43.3 Å². The van der Waals surface area contributed by atoms with Crippen LogP contribution in [0.25, 0.3) is 17.2 Å². The van der Waals surface area contributed by atoms with Crippen molar-refractivity contribution in [3.63, 3.8) is 0 Å². The first-order valence-corrected chi connectivity index (χ1v) is 10.1. The molecule has 4 aromatic rings. The molecule has 154 valence electrons. The molecule has 4 aromatic heterocycles. The lowest BCUT2D eigenvalue weighted by molar-refractivity contribution is 0.190. The van der Waals surface area contributed by atoms with E-state index in [4.69, 9.17) is 10.2 Å². The van der Waals surface area contributed by atoms with Gasteiger partial charge in [-0.2, -0.15) is 4.52 Å². The summed E-state index contributed by atoms with van der Waals surface area (Å²) in [7, 11) is 0. The number of piperidine rings is 1. The number of rotatable bonds is 6. The van der Waals surface area contributed by atoms with E-state index in [0.717, 1.165) is 50.2 Å². The van der Waals surface area contributed by atoms with Gasteiger partial charge in [0.15, 0.2) is 11.4 Å². The molecule has 0 bridgehead atoms. The Kier molecular flexibility index (Phi) is 5.12. The van der Waals surface area contributed by atoms with Crippen LogP contribution in [0, 0.1) is 0 Å². The van der Waals surface area contributed by atoms with Crippen molar-refractivity contribution in [2.75, 3.05) is 18.8 Å². The molecule has 1 fully saturated rings. The second-order valence-electron chi connectivity index (χ2n) is 7.58. The highest BCUT2D eigenvalue weighted by Crippen LogP contribution is 2.21. The number of nitrogens with one attached hydrogen (secondary N) is 1. The first-order valence-electron chi connectivity index (χ1n) is 10.1. The van der Waals surface area contributed by atoms with Crippen molar-refractivity contribution in [2.24, 2.45) is 0 Å². The number of furan rings is 1. The second-order valence-corrected chi connectivity index (χ2v) is 7.58. The number of hydrogen-bond acceptors (Lipinski definition) is 8. The molecule has 9 nitrogen and oxygen atoms in total. The lowest BCUT2D eigenvalue weighted by atomic mass is 10.0. The molecule has 0 amide bonds. The molecule has 1 saturated heterocycles. The topological polar surface area (TPSA) is 110 Å². The van der Waals surface area contributed by atoms with Gasteiger partial charge in [-0.25, -0.2) is 9.97 Å². The van der Waals surface area contributed by atoms with E-state index in [1.807, 2.05) is 24.5 Å². The monoisotopic (exact) mass is 404 g/mol. The second kappa shape index (κ2) is 8.21. The largest absolute Gasteiger partial charge is 0.461 e. The maximum Gasteiger partial charge on any atom is 0.223 e. The van der Waals surface area contributed by atoms with Crippen molar-refractivity contribution in [2.45, 2.75) is 32.0 Å². The van der Waals surface area contributed by atoms with Gasteiger partial charge < -0.3 is 15.5 Å². The molecule has 5 heterocycles. The van der Waals surface area contributed by atoms with Crippen LogP contribution in [0.2, 0.25) is 0 Å². The molecule has 0 aromatic carbocycles. The van der Waals surface area contributed by atoms with Crippen molar-refractivity contribution < 1.29 is 4.42 Å². The van der Waals surface area contributed by atoms with E-state index in [-0.39, 0.29) is 0 Å². The summed E-state index contributed by atoms with van der Waals surface area (Å²) < 4.78 is 7.02. The Labute approximate surface area is 174 Å². The highest BCUT2D eigenvalue weighted by molar-refractivity contribution is 5.57. The predicted molar refractivity (Wildman–Crippen MR) is 112 cm³/mol. The van der Waals surface area contributed by atoms with Gasteiger partial charge in [0.05, 0.1) is 6.26 Å². The van der Waals surface area contributed by atoms with Gasteiger partial charge in [-0.1, -0.05) is 0 Å². The van der Waals surface area contributed by atoms with E-state index in [0.29, 0.717) is 23.6 Å². The minimum atomic E-state index is 0.318. The summed E-state index contributed by atoms with van der Waals surface area (Å²) in [4.78, 5) is 15.5. The quantitative estimate of drug-likeness (QED) is 0.503. The zero-order chi connectivity index (χ0) is 20.3. The molecule has 30 heavy (non-hydrogen) atoms. The summed E-state index contributed by atoms with van der Waals surface area (Å²) in [6.45, 7) is 3.68. The van der Waals surface area contributed by atoms with E-state index >= 15 is 0 Å². The molecule has 1 aliphatic heterocycles. The molecule has 0 radical (unpaired) electrons. The highest BCUT2D eigenvalue weighted by Gasteiger charge is 2.21. The Balaban J connectivity index is 1.24. The van der Waals surface area contributed by atoms with E-state index in [1.165, 1.54) is 5.56 Å². The molecule has 0 saturated carbocycles. The van der Waals surface area contributed by atoms with Gasteiger partial charge in [0.25, 0.3) is 0 Å². The van der Waals surface area contributed by atoms with Crippen LogP contribution in [0.5, 0.6) is 0 Å². The zero-order valence-electron chi connectivity index (χ0n) is 16.6. The molecule has 0 atom stereocenters. The Morgan fingerprint density at radius 2 is 2.00 bits per heavy atom. The van der Waals surface area contributed by atoms with Gasteiger partial charge in [-0.05, 0) is 55.8 Å². The van der Waals surface area contributed by atoms with E-state index in [9.17, 15) is 0 Å². The van der Waals surface area contributed by atoms with Crippen LogP contribution in [0.3, 0.4) is 0 Å². The standard InChI is InChI=1S/C21H24N8O/c22-21-25-13-16(20-26-19(27-29(20)21)18-2-1-11-30-18)14-28-9-5-17(6-10-28)24-12-15-3-7-23-8-4-15/h1-4,7-8,11,13,17,24H,5-6,9-10,12,14H2,(H2,22,25). The summed E-state index contributed by atoms with van der Waals surface area (Å²) in [5.74, 6) is 1.45. The Hall–Kier alpha value is -3.30. The van der Waals surface area contributed by atoms with E-state index in [1.54, 1.807) is 17.0 Å². The average Bonchev–Trinajstić information content (AvgIpc) is 3.46. The van der Waals surface area contributed by atoms with Crippen LogP contribution in [0.4, 0.5) is 5.95 Å². The summed E-state index contributed by atoms with van der Waals surface area (Å²) in [5.41, 5.74) is 9.02. The number of fused-ring (bicyclic) bond motifs is 1. The third-order valence-corrected chi connectivity index (χ3v) is 5.53. The minimum absolute atomic E-state index is 0.318. The molecule has 3 N–H and O–H groups in total. The van der Waals surface area contributed by atoms with Crippen molar-refractivity contribution in [1.29, 1.82) is 0 Å². The number of nitrogen functional groups attached to an aromatic ring is 1. The van der Waals surface area contributed by atoms with E-state index < -0.39 is 0 Å². The van der Waals surface area contributed by atoms with Gasteiger partial charge in [0.1, 0.15) is 0 Å². The number of hydrogen-bond donors (Lipinski definition) is 2. The third kappa shape index (κ3) is 3.89. The first-order chi connectivity index (χ1) is 14.8.